The van der Waals surface area contributed by atoms with E-state index in [0.717, 1.165) is 5.69 Å². The molecule has 0 aromatic heterocycles. The van der Waals surface area contributed by atoms with E-state index in [1.165, 1.54) is 30.0 Å². The first kappa shape index (κ1) is 15.3. The third kappa shape index (κ3) is 4.85. The Labute approximate surface area is 117 Å². The Hall–Kier alpha value is -2.76. The van der Waals surface area contributed by atoms with Crippen molar-refractivity contribution in [2.24, 2.45) is 0 Å². The second-order valence-electron chi connectivity index (χ2n) is 4.33. The van der Waals surface area contributed by atoms with E-state index >= 15 is 0 Å². The number of nitro groups is 1. The van der Waals surface area contributed by atoms with Crippen molar-refractivity contribution in [2.45, 2.75) is 0 Å². The highest BCUT2D eigenvalue weighted by Crippen LogP contribution is 2.13. The Morgan fingerprint density at radius 3 is 1.65 bits per heavy atom. The molecular formula is C14H18N4O2. The fourth-order valence-corrected chi connectivity index (χ4v) is 1.37. The van der Waals surface area contributed by atoms with Crippen molar-refractivity contribution in [3.63, 3.8) is 0 Å². The van der Waals surface area contributed by atoms with Crippen LogP contribution in [-0.4, -0.2) is 19.0 Å². The van der Waals surface area contributed by atoms with Crippen molar-refractivity contribution in [1.82, 2.24) is 0 Å². The minimum absolute atomic E-state index is 0.0641. The standard InChI is InChI=1S/C8H12N2.C6H6N2O2/c1-10(2)8-5-3-7(9)4-6-8;7-5-1-3-6(4-2-5)8(9)10/h3-6H,9H2,1-2H3;1-4H,7H2. The summed E-state index contributed by atoms with van der Waals surface area (Å²) in [6.45, 7) is 0. The molecule has 0 aliphatic rings. The second-order valence-corrected chi connectivity index (χ2v) is 4.33. The average molecular weight is 274 g/mol. The van der Waals surface area contributed by atoms with Gasteiger partial charge in [0.2, 0.25) is 0 Å². The number of nitrogens with two attached hydrogens (primary N) is 2. The molecule has 0 atom stereocenters. The third-order valence-corrected chi connectivity index (χ3v) is 2.51. The van der Waals surface area contributed by atoms with Crippen LogP contribution in [0.1, 0.15) is 0 Å². The molecule has 0 aliphatic heterocycles. The summed E-state index contributed by atoms with van der Waals surface area (Å²) in [4.78, 5) is 11.7. The van der Waals surface area contributed by atoms with Crippen LogP contribution >= 0.6 is 0 Å². The largest absolute Gasteiger partial charge is 0.399 e. The Morgan fingerprint density at radius 2 is 1.30 bits per heavy atom. The zero-order valence-electron chi connectivity index (χ0n) is 11.5. The fraction of sp³-hybridized carbons (Fsp3) is 0.143. The molecule has 0 unspecified atom stereocenters. The quantitative estimate of drug-likeness (QED) is 0.498. The maximum Gasteiger partial charge on any atom is 0.269 e. The summed E-state index contributed by atoms with van der Waals surface area (Å²) in [5.74, 6) is 0. The van der Waals surface area contributed by atoms with Crippen LogP contribution in [0.15, 0.2) is 48.5 Å². The molecule has 0 radical (unpaired) electrons. The number of hydrogen-bond acceptors (Lipinski definition) is 5. The van der Waals surface area contributed by atoms with Gasteiger partial charge in [-0.05, 0) is 36.4 Å². The van der Waals surface area contributed by atoms with Gasteiger partial charge in [0.1, 0.15) is 0 Å². The molecule has 0 bridgehead atoms. The van der Waals surface area contributed by atoms with Gasteiger partial charge in [-0.25, -0.2) is 0 Å². The van der Waals surface area contributed by atoms with Gasteiger partial charge in [0.15, 0.2) is 0 Å². The zero-order chi connectivity index (χ0) is 15.1. The summed E-state index contributed by atoms with van der Waals surface area (Å²) < 4.78 is 0. The number of nitro benzene ring substituents is 1. The van der Waals surface area contributed by atoms with Gasteiger partial charge in [-0.2, -0.15) is 0 Å². The molecule has 2 aromatic carbocycles. The molecule has 0 fully saturated rings. The van der Waals surface area contributed by atoms with Crippen molar-refractivity contribution in [1.29, 1.82) is 0 Å². The van der Waals surface area contributed by atoms with Gasteiger partial charge in [0.05, 0.1) is 4.92 Å². The summed E-state index contributed by atoms with van der Waals surface area (Å²) >= 11 is 0. The molecule has 0 aliphatic carbocycles. The average Bonchev–Trinajstić information content (AvgIpc) is 2.40. The highest BCUT2D eigenvalue weighted by Gasteiger charge is 2.00. The maximum absolute atomic E-state index is 10.1. The highest BCUT2D eigenvalue weighted by molar-refractivity contribution is 5.52. The van der Waals surface area contributed by atoms with Gasteiger partial charge in [-0.1, -0.05) is 0 Å². The van der Waals surface area contributed by atoms with Crippen LogP contribution in [0.4, 0.5) is 22.7 Å². The minimum Gasteiger partial charge on any atom is -0.399 e. The summed E-state index contributed by atoms with van der Waals surface area (Å²) in [5.41, 5.74) is 13.4. The Morgan fingerprint density at radius 1 is 0.900 bits per heavy atom. The molecule has 6 heteroatoms. The van der Waals surface area contributed by atoms with Crippen molar-refractivity contribution in [2.75, 3.05) is 30.5 Å². The van der Waals surface area contributed by atoms with Crippen molar-refractivity contribution >= 4 is 22.7 Å². The number of anilines is 3. The number of non-ortho nitro benzene ring substituents is 1. The second kappa shape index (κ2) is 6.98. The Kier molecular flexibility index (Phi) is 5.34. The van der Waals surface area contributed by atoms with Gasteiger partial charge < -0.3 is 16.4 Å². The molecule has 6 nitrogen and oxygen atoms in total. The van der Waals surface area contributed by atoms with Crippen molar-refractivity contribution in [3.8, 4) is 0 Å². The molecule has 0 spiro atoms. The van der Waals surface area contributed by atoms with E-state index in [-0.39, 0.29) is 5.69 Å². The summed E-state index contributed by atoms with van der Waals surface area (Å²) in [6.07, 6.45) is 0. The first-order chi connectivity index (χ1) is 9.40. The number of hydrogen-bond donors (Lipinski definition) is 2. The molecule has 4 N–H and O–H groups in total. The van der Waals surface area contributed by atoms with Crippen LogP contribution in [0.25, 0.3) is 0 Å². The van der Waals surface area contributed by atoms with E-state index in [0.29, 0.717) is 5.69 Å². The lowest BCUT2D eigenvalue weighted by Gasteiger charge is -2.11. The molecule has 0 saturated heterocycles. The molecule has 0 amide bonds. The van der Waals surface area contributed by atoms with E-state index in [4.69, 9.17) is 11.5 Å². The van der Waals surface area contributed by atoms with E-state index in [2.05, 4.69) is 0 Å². The summed E-state index contributed by atoms with van der Waals surface area (Å²) in [5, 5.41) is 10.1. The lowest BCUT2D eigenvalue weighted by molar-refractivity contribution is -0.384. The summed E-state index contributed by atoms with van der Waals surface area (Å²) in [6, 6.07) is 13.5. The molecular weight excluding hydrogens is 256 g/mol. The first-order valence-corrected chi connectivity index (χ1v) is 5.93. The van der Waals surface area contributed by atoms with E-state index in [9.17, 15) is 10.1 Å². The van der Waals surface area contributed by atoms with Gasteiger partial charge in [0.25, 0.3) is 5.69 Å². The van der Waals surface area contributed by atoms with Crippen LogP contribution in [0.3, 0.4) is 0 Å². The van der Waals surface area contributed by atoms with Crippen LogP contribution < -0.4 is 16.4 Å². The SMILES string of the molecule is CN(C)c1ccc(N)cc1.Nc1ccc([N+](=O)[O-])cc1. The van der Waals surface area contributed by atoms with Crippen LogP contribution in [0, 0.1) is 10.1 Å². The first-order valence-electron chi connectivity index (χ1n) is 5.93. The molecule has 20 heavy (non-hydrogen) atoms. The summed E-state index contributed by atoms with van der Waals surface area (Å²) in [7, 11) is 4.01. The molecule has 2 aromatic rings. The van der Waals surface area contributed by atoms with Gasteiger partial charge >= 0.3 is 0 Å². The van der Waals surface area contributed by atoms with Gasteiger partial charge in [-0.15, -0.1) is 0 Å². The lowest BCUT2D eigenvalue weighted by atomic mass is 10.3. The monoisotopic (exact) mass is 274 g/mol. The maximum atomic E-state index is 10.1. The smallest absolute Gasteiger partial charge is 0.269 e. The Balaban J connectivity index is 0.000000200. The van der Waals surface area contributed by atoms with E-state index in [1.54, 1.807) is 0 Å². The number of benzene rings is 2. The minimum atomic E-state index is -0.459. The van der Waals surface area contributed by atoms with Crippen molar-refractivity contribution in [3.05, 3.63) is 58.6 Å². The highest BCUT2D eigenvalue weighted by atomic mass is 16.6. The van der Waals surface area contributed by atoms with Crippen molar-refractivity contribution < 1.29 is 4.92 Å². The van der Waals surface area contributed by atoms with Crippen LogP contribution in [0.2, 0.25) is 0 Å². The number of nitrogens with zero attached hydrogens (tertiary/aromatic N) is 2. The zero-order valence-corrected chi connectivity index (χ0v) is 11.5. The normalized spacial score (nSPS) is 9.30. The van der Waals surface area contributed by atoms with E-state index < -0.39 is 4.92 Å². The van der Waals surface area contributed by atoms with Crippen LogP contribution in [0.5, 0.6) is 0 Å². The molecule has 106 valence electrons. The number of rotatable bonds is 2. The fourth-order valence-electron chi connectivity index (χ4n) is 1.37. The lowest BCUT2D eigenvalue weighted by Crippen LogP contribution is -2.08. The molecule has 0 heterocycles. The predicted octanol–water partition coefficient (Wildman–Crippen LogP) is 2.51. The topological polar surface area (TPSA) is 98.4 Å². The van der Waals surface area contributed by atoms with Crippen LogP contribution in [-0.2, 0) is 0 Å². The predicted molar refractivity (Wildman–Crippen MR) is 82.7 cm³/mol. The van der Waals surface area contributed by atoms with Gasteiger partial charge in [0, 0.05) is 43.3 Å². The number of nitrogen functional groups attached to an aromatic ring is 2. The van der Waals surface area contributed by atoms with Gasteiger partial charge in [-0.3, -0.25) is 10.1 Å². The third-order valence-electron chi connectivity index (χ3n) is 2.51. The Bertz CT molecular complexity index is 550. The molecule has 2 rings (SSSR count). The van der Waals surface area contributed by atoms with E-state index in [1.807, 2.05) is 43.3 Å². The molecule has 0 saturated carbocycles.